The van der Waals surface area contributed by atoms with Gasteiger partial charge in [-0.25, -0.2) is 4.79 Å². The molecule has 0 aliphatic carbocycles. The van der Waals surface area contributed by atoms with Crippen molar-refractivity contribution in [2.45, 2.75) is 6.92 Å². The fraction of sp³-hybridized carbons (Fsp3) is 0.172. The lowest BCUT2D eigenvalue weighted by molar-refractivity contribution is 0.0733. The number of ketones is 1. The Morgan fingerprint density at radius 2 is 1.59 bits per heavy atom. The van der Waals surface area contributed by atoms with E-state index in [1.807, 2.05) is 36.0 Å². The monoisotopic (exact) mass is 499 g/mol. The van der Waals surface area contributed by atoms with Crippen molar-refractivity contribution in [2.24, 2.45) is 7.05 Å². The van der Waals surface area contributed by atoms with Gasteiger partial charge in [0, 0.05) is 41.8 Å². The van der Waals surface area contributed by atoms with Gasteiger partial charge in [0.1, 0.15) is 28.7 Å². The van der Waals surface area contributed by atoms with E-state index >= 15 is 0 Å². The zero-order valence-corrected chi connectivity index (χ0v) is 21.1. The molecule has 0 atom stereocenters. The SMILES string of the molecule is COc1cc(OC)cc(C(=O)Oc2cc(C)c3c(c2)O/C(=C\c2cn(C)c4ccc(OC)cc24)C3=O)c1. The van der Waals surface area contributed by atoms with Gasteiger partial charge in [-0.2, -0.15) is 0 Å². The summed E-state index contributed by atoms with van der Waals surface area (Å²) in [6, 6.07) is 13.7. The summed E-state index contributed by atoms with van der Waals surface area (Å²) in [6.45, 7) is 1.78. The van der Waals surface area contributed by atoms with Crippen LogP contribution in [-0.4, -0.2) is 37.6 Å². The Kier molecular flexibility index (Phi) is 6.09. The molecule has 1 aliphatic heterocycles. The fourth-order valence-corrected chi connectivity index (χ4v) is 4.41. The Labute approximate surface area is 213 Å². The van der Waals surface area contributed by atoms with E-state index in [1.165, 1.54) is 14.2 Å². The normalized spacial score (nSPS) is 13.4. The molecule has 0 saturated carbocycles. The molecule has 0 saturated heterocycles. The molecule has 0 radical (unpaired) electrons. The van der Waals surface area contributed by atoms with Crippen molar-refractivity contribution in [3.8, 4) is 28.7 Å². The third-order valence-corrected chi connectivity index (χ3v) is 6.26. The highest BCUT2D eigenvalue weighted by atomic mass is 16.5. The fourth-order valence-electron chi connectivity index (χ4n) is 4.41. The van der Waals surface area contributed by atoms with E-state index < -0.39 is 5.97 Å². The molecule has 0 spiro atoms. The average molecular weight is 500 g/mol. The quantitative estimate of drug-likeness (QED) is 0.201. The van der Waals surface area contributed by atoms with Crippen molar-refractivity contribution in [3.63, 3.8) is 0 Å². The van der Waals surface area contributed by atoms with Crippen molar-refractivity contribution < 1.29 is 33.3 Å². The molecule has 4 aromatic rings. The molecule has 8 heteroatoms. The molecule has 188 valence electrons. The Morgan fingerprint density at radius 1 is 0.892 bits per heavy atom. The van der Waals surface area contributed by atoms with Gasteiger partial charge in [-0.15, -0.1) is 0 Å². The number of Topliss-reactive ketones (excluding diaryl/α,β-unsaturated/α-hetero) is 1. The number of aromatic nitrogens is 1. The zero-order valence-electron chi connectivity index (χ0n) is 21.1. The van der Waals surface area contributed by atoms with Crippen LogP contribution < -0.4 is 23.7 Å². The number of allylic oxidation sites excluding steroid dienone is 1. The van der Waals surface area contributed by atoms with Crippen molar-refractivity contribution in [2.75, 3.05) is 21.3 Å². The van der Waals surface area contributed by atoms with Crippen LogP contribution in [0.2, 0.25) is 0 Å². The predicted octanol–water partition coefficient (Wildman–Crippen LogP) is 5.35. The van der Waals surface area contributed by atoms with E-state index in [2.05, 4.69) is 0 Å². The Bertz CT molecular complexity index is 1570. The van der Waals surface area contributed by atoms with Gasteiger partial charge in [-0.3, -0.25) is 4.79 Å². The Balaban J connectivity index is 1.45. The summed E-state index contributed by atoms with van der Waals surface area (Å²) in [5, 5.41) is 0.932. The molecule has 37 heavy (non-hydrogen) atoms. The van der Waals surface area contributed by atoms with Crippen molar-refractivity contribution in [1.29, 1.82) is 0 Å². The second kappa shape index (κ2) is 9.39. The third-order valence-electron chi connectivity index (χ3n) is 6.26. The molecule has 0 bridgehead atoms. The molecular formula is C29H25NO7. The number of carbonyl (C=O) groups is 2. The minimum Gasteiger partial charge on any atom is -0.497 e. The number of benzene rings is 3. The summed E-state index contributed by atoms with van der Waals surface area (Å²) in [7, 11) is 6.55. The minimum absolute atomic E-state index is 0.189. The number of methoxy groups -OCH3 is 3. The number of hydrogen-bond donors (Lipinski definition) is 0. The number of nitrogens with zero attached hydrogens (tertiary/aromatic N) is 1. The van der Waals surface area contributed by atoms with E-state index in [1.54, 1.807) is 50.4 Å². The molecule has 0 unspecified atom stereocenters. The van der Waals surface area contributed by atoms with Crippen molar-refractivity contribution in [1.82, 2.24) is 4.57 Å². The van der Waals surface area contributed by atoms with Gasteiger partial charge in [0.2, 0.25) is 5.78 Å². The molecule has 5 rings (SSSR count). The number of aryl methyl sites for hydroxylation is 2. The number of rotatable bonds is 6. The summed E-state index contributed by atoms with van der Waals surface area (Å²) in [5.41, 5.74) is 3.15. The lowest BCUT2D eigenvalue weighted by atomic mass is 10.0. The van der Waals surface area contributed by atoms with Gasteiger partial charge >= 0.3 is 5.97 Å². The van der Waals surface area contributed by atoms with Crippen LogP contribution in [0.1, 0.15) is 31.8 Å². The lowest BCUT2D eigenvalue weighted by Crippen LogP contribution is -2.09. The van der Waals surface area contributed by atoms with Gasteiger partial charge in [0.05, 0.1) is 32.5 Å². The molecular weight excluding hydrogens is 474 g/mol. The number of fused-ring (bicyclic) bond motifs is 2. The van der Waals surface area contributed by atoms with Gasteiger partial charge in [-0.05, 0) is 55.0 Å². The van der Waals surface area contributed by atoms with Crippen LogP contribution in [-0.2, 0) is 7.05 Å². The highest BCUT2D eigenvalue weighted by Crippen LogP contribution is 2.38. The first-order valence-electron chi connectivity index (χ1n) is 11.5. The molecule has 0 N–H and O–H groups in total. The topological polar surface area (TPSA) is 85.2 Å². The highest BCUT2D eigenvalue weighted by molar-refractivity contribution is 6.16. The summed E-state index contributed by atoms with van der Waals surface area (Å²) in [6.07, 6.45) is 3.65. The van der Waals surface area contributed by atoms with Crippen LogP contribution in [0, 0.1) is 6.92 Å². The van der Waals surface area contributed by atoms with E-state index in [0.29, 0.717) is 28.4 Å². The summed E-state index contributed by atoms with van der Waals surface area (Å²) >= 11 is 0. The molecule has 8 nitrogen and oxygen atoms in total. The highest BCUT2D eigenvalue weighted by Gasteiger charge is 2.31. The van der Waals surface area contributed by atoms with Crippen LogP contribution in [0.4, 0.5) is 0 Å². The molecule has 2 heterocycles. The van der Waals surface area contributed by atoms with Crippen LogP contribution in [0.3, 0.4) is 0 Å². The first kappa shape index (κ1) is 24.0. The maximum Gasteiger partial charge on any atom is 0.343 e. The van der Waals surface area contributed by atoms with E-state index in [-0.39, 0.29) is 22.9 Å². The Morgan fingerprint density at radius 3 is 2.27 bits per heavy atom. The number of ether oxygens (including phenoxy) is 5. The van der Waals surface area contributed by atoms with Gasteiger partial charge in [-0.1, -0.05) is 0 Å². The molecule has 3 aromatic carbocycles. The lowest BCUT2D eigenvalue weighted by Gasteiger charge is -2.10. The maximum absolute atomic E-state index is 13.2. The number of carbonyl (C=O) groups excluding carboxylic acids is 2. The summed E-state index contributed by atoms with van der Waals surface area (Å²) in [4.78, 5) is 26.1. The second-order valence-corrected chi connectivity index (χ2v) is 8.62. The van der Waals surface area contributed by atoms with Crippen LogP contribution >= 0.6 is 0 Å². The standard InChI is InChI=1S/C29H25NO7/c1-16-8-22(36-29(32)17-9-20(34-4)12-21(10-17)35-5)14-25-27(16)28(31)26(37-25)11-18-15-30(2)24-7-6-19(33-3)13-23(18)24/h6-15H,1-5H3/b26-11-. The van der Waals surface area contributed by atoms with Crippen molar-refractivity contribution in [3.05, 3.63) is 82.7 Å². The van der Waals surface area contributed by atoms with E-state index in [0.717, 1.165) is 22.2 Å². The number of hydrogen-bond acceptors (Lipinski definition) is 7. The molecule has 1 aliphatic rings. The van der Waals surface area contributed by atoms with Crippen molar-refractivity contribution >= 4 is 28.7 Å². The largest absolute Gasteiger partial charge is 0.497 e. The average Bonchev–Trinajstić information content (AvgIpc) is 3.38. The summed E-state index contributed by atoms with van der Waals surface area (Å²) in [5.74, 6) is 1.60. The number of esters is 1. The van der Waals surface area contributed by atoms with Crippen LogP contribution in [0.25, 0.3) is 17.0 Å². The predicted molar refractivity (Wildman–Crippen MR) is 138 cm³/mol. The molecule has 1 aromatic heterocycles. The second-order valence-electron chi connectivity index (χ2n) is 8.62. The zero-order chi connectivity index (χ0) is 26.3. The first-order chi connectivity index (χ1) is 17.8. The summed E-state index contributed by atoms with van der Waals surface area (Å²) < 4.78 is 29.4. The van der Waals surface area contributed by atoms with Gasteiger partial charge in [0.15, 0.2) is 5.76 Å². The van der Waals surface area contributed by atoms with Crippen LogP contribution in [0.15, 0.2) is 60.5 Å². The smallest absolute Gasteiger partial charge is 0.343 e. The third kappa shape index (κ3) is 4.38. The van der Waals surface area contributed by atoms with Crippen LogP contribution in [0.5, 0.6) is 28.7 Å². The first-order valence-corrected chi connectivity index (χ1v) is 11.5. The molecule has 0 fully saturated rings. The maximum atomic E-state index is 13.2. The molecule has 0 amide bonds. The minimum atomic E-state index is -0.596. The van der Waals surface area contributed by atoms with Gasteiger partial charge in [0.25, 0.3) is 0 Å². The van der Waals surface area contributed by atoms with E-state index in [9.17, 15) is 9.59 Å². The Hall–Kier alpha value is -4.72. The van der Waals surface area contributed by atoms with Gasteiger partial charge < -0.3 is 28.3 Å². The van der Waals surface area contributed by atoms with E-state index in [4.69, 9.17) is 23.7 Å².